The molecule has 498 valence electrons. The Morgan fingerprint density at radius 3 is 0.554 bits per heavy atom. The summed E-state index contributed by atoms with van der Waals surface area (Å²) in [6.45, 7) is 84.1. The minimum Gasteiger partial charge on any atom is -0.0622 e. The van der Waals surface area contributed by atoms with Crippen molar-refractivity contribution < 1.29 is 0 Å². The van der Waals surface area contributed by atoms with E-state index in [9.17, 15) is 0 Å². The molecule has 0 spiro atoms. The fraction of sp³-hybridized carbons (Fsp3) is 1.00. The van der Waals surface area contributed by atoms with Crippen LogP contribution in [0, 0.1) is 124 Å². The molecule has 7 saturated carbocycles. The van der Waals surface area contributed by atoms with Gasteiger partial charge in [-0.2, -0.15) is 0 Å². The normalized spacial score (nSPS) is 25.0. The maximum atomic E-state index is 2.45. The van der Waals surface area contributed by atoms with E-state index in [1.165, 1.54) is 167 Å². The Balaban J connectivity index is 0.000000486. The summed E-state index contributed by atoms with van der Waals surface area (Å²) in [5, 5.41) is 0. The SMILES string of the molecule is CC(C)(C)C1(C(C)(C)C)CCCCCC1.CC(C)C1(C(C)(C)C)CC1.CC(C)C1(C(C)(C)C)CC1(C)C.CC(C)C1(C(C)(C)C)CCCCC1.CC(C)C1(C(C)C)CCC1.CC(C)C1(C(C)C)CCCC1.CC(C)C1(C(C)C)CCCCC1. The first kappa shape index (κ1) is 81.0. The molecule has 7 fully saturated rings. The predicted octanol–water partition coefficient (Wildman–Crippen LogP) is 29.2. The minimum atomic E-state index is 0.440. The maximum Gasteiger partial charge on any atom is -0.0169 e. The average molecular weight is 1160 g/mol. The minimum absolute atomic E-state index is 0.440. The maximum absolute atomic E-state index is 2.45. The Morgan fingerprint density at radius 1 is 0.217 bits per heavy atom. The molecule has 7 aliphatic rings. The molecular formula is C83H166. The highest BCUT2D eigenvalue weighted by Crippen LogP contribution is 2.75. The Morgan fingerprint density at radius 2 is 0.434 bits per heavy atom. The predicted molar refractivity (Wildman–Crippen MR) is 382 cm³/mol. The van der Waals surface area contributed by atoms with Gasteiger partial charge >= 0.3 is 0 Å². The van der Waals surface area contributed by atoms with Crippen LogP contribution in [0.15, 0.2) is 0 Å². The van der Waals surface area contributed by atoms with Crippen molar-refractivity contribution in [2.24, 2.45) is 124 Å². The lowest BCUT2D eigenvalue weighted by molar-refractivity contribution is -0.0462. The molecule has 0 radical (unpaired) electrons. The molecule has 0 aromatic carbocycles. The molecule has 1 atom stereocenters. The molecule has 0 nitrogen and oxygen atoms in total. The fourth-order valence-corrected chi connectivity index (χ4v) is 21.7. The first-order valence-corrected chi connectivity index (χ1v) is 37.4. The molecule has 0 amide bonds. The van der Waals surface area contributed by atoms with E-state index >= 15 is 0 Å². The molecule has 0 heteroatoms. The third kappa shape index (κ3) is 19.3. The summed E-state index contributed by atoms with van der Waals surface area (Å²) in [5.74, 6) is 7.81. The second kappa shape index (κ2) is 31.4. The van der Waals surface area contributed by atoms with Crippen LogP contribution >= 0.6 is 0 Å². The third-order valence-corrected chi connectivity index (χ3v) is 28.2. The van der Waals surface area contributed by atoms with Gasteiger partial charge in [0.15, 0.2) is 0 Å². The van der Waals surface area contributed by atoms with Crippen molar-refractivity contribution in [1.82, 2.24) is 0 Å². The molecule has 0 aromatic rings. The molecule has 0 aromatic heterocycles. The standard InChI is InChI=1S/C15H30.C13H26.2C12H24.C11H22.2C10H20/c1-13(2,3)15(14(4,5)6)11-9-7-8-10-12-15;1-11(2)13(12(3,4)5)9-7-6-8-10-13;1-9(2)12(10(3,4)5)8-11(12,6)7;1-10(2)12(11(3)4)8-6-5-7-9-12;1-9(2)11(10(3)4)7-5-6-8-11;1-8(2)10(6-7-10)9(3,4)5;1-8(2)10(9(3)4)6-5-7-10/h7-12H2,1-6H3;11H,6-10H2,1-5H3;9H,8H2,1-7H3;10-11H,5-9H2,1-4H3;9-10H,5-8H2,1-4H3;8H,6-7H2,1-5H3;8-9H,5-7H2,1-4H3. The van der Waals surface area contributed by atoms with E-state index in [0.29, 0.717) is 65.0 Å². The van der Waals surface area contributed by atoms with Gasteiger partial charge in [0.1, 0.15) is 0 Å². The highest BCUT2D eigenvalue weighted by Gasteiger charge is 2.67. The highest BCUT2D eigenvalue weighted by molar-refractivity contribution is 5.16. The van der Waals surface area contributed by atoms with E-state index in [0.717, 1.165) is 58.7 Å². The molecule has 1 unspecified atom stereocenters. The van der Waals surface area contributed by atoms with Crippen LogP contribution in [-0.4, -0.2) is 0 Å². The number of rotatable bonds is 9. The zero-order chi connectivity index (χ0) is 65.1. The Labute approximate surface area is 530 Å². The summed E-state index contributed by atoms with van der Waals surface area (Å²) in [5.41, 5.74) is 7.45. The number of hydrogen-bond donors (Lipinski definition) is 0. The van der Waals surface area contributed by atoms with Crippen LogP contribution in [0.25, 0.3) is 0 Å². The topological polar surface area (TPSA) is 0 Å². The summed E-state index contributed by atoms with van der Waals surface area (Å²) in [6.07, 6.45) is 37.9. The zero-order valence-corrected chi connectivity index (χ0v) is 65.1. The first-order valence-electron chi connectivity index (χ1n) is 37.4. The molecule has 7 aliphatic carbocycles. The lowest BCUT2D eigenvalue weighted by Crippen LogP contribution is -2.45. The molecule has 0 bridgehead atoms. The van der Waals surface area contributed by atoms with Crippen molar-refractivity contribution in [2.75, 3.05) is 0 Å². The lowest BCUT2D eigenvalue weighted by atomic mass is 9.51. The summed E-state index contributed by atoms with van der Waals surface area (Å²) in [4.78, 5) is 0. The monoisotopic (exact) mass is 1160 g/mol. The van der Waals surface area contributed by atoms with E-state index in [2.05, 4.69) is 242 Å². The number of hydrogen-bond acceptors (Lipinski definition) is 0. The zero-order valence-electron chi connectivity index (χ0n) is 65.1. The quantitative estimate of drug-likeness (QED) is 0.202. The van der Waals surface area contributed by atoms with Gasteiger partial charge in [-0.05, 0) is 207 Å². The summed E-state index contributed by atoms with van der Waals surface area (Å²) in [6, 6.07) is 0. The van der Waals surface area contributed by atoms with Crippen molar-refractivity contribution >= 4 is 0 Å². The van der Waals surface area contributed by atoms with Crippen LogP contribution in [0.3, 0.4) is 0 Å². The van der Waals surface area contributed by atoms with Crippen LogP contribution < -0.4 is 0 Å². The average Bonchev–Trinajstić information content (AvgIpc) is 4.21. The Hall–Kier alpha value is 0. The second-order valence-electron chi connectivity index (χ2n) is 39.4. The van der Waals surface area contributed by atoms with E-state index in [-0.39, 0.29) is 0 Å². The fourth-order valence-electron chi connectivity index (χ4n) is 21.7. The summed E-state index contributed by atoms with van der Waals surface area (Å²) in [7, 11) is 0. The summed E-state index contributed by atoms with van der Waals surface area (Å²) < 4.78 is 0. The molecule has 0 aliphatic heterocycles. The molecule has 0 heterocycles. The van der Waals surface area contributed by atoms with Crippen molar-refractivity contribution in [3.05, 3.63) is 0 Å². The highest BCUT2D eigenvalue weighted by atomic mass is 14.7. The molecule has 0 saturated heterocycles. The van der Waals surface area contributed by atoms with Gasteiger partial charge in [0, 0.05) is 0 Å². The first-order chi connectivity index (χ1) is 37.4. The van der Waals surface area contributed by atoms with Gasteiger partial charge in [0.05, 0.1) is 0 Å². The largest absolute Gasteiger partial charge is 0.0622 e. The van der Waals surface area contributed by atoms with E-state index in [1.54, 1.807) is 0 Å². The van der Waals surface area contributed by atoms with Crippen LogP contribution in [-0.2, 0) is 0 Å². The van der Waals surface area contributed by atoms with Gasteiger partial charge < -0.3 is 0 Å². The Kier molecular flexibility index (Phi) is 30.6. The van der Waals surface area contributed by atoms with Crippen molar-refractivity contribution in [2.45, 2.75) is 409 Å². The molecule has 7 rings (SSSR count). The van der Waals surface area contributed by atoms with Crippen LogP contribution in [0.1, 0.15) is 409 Å². The van der Waals surface area contributed by atoms with E-state index in [4.69, 9.17) is 0 Å². The van der Waals surface area contributed by atoms with Gasteiger partial charge in [-0.15, -0.1) is 0 Å². The second-order valence-corrected chi connectivity index (χ2v) is 39.4. The lowest BCUT2D eigenvalue weighted by Gasteiger charge is -2.54. The van der Waals surface area contributed by atoms with Gasteiger partial charge in [-0.25, -0.2) is 0 Å². The van der Waals surface area contributed by atoms with Crippen molar-refractivity contribution in [3.63, 3.8) is 0 Å². The van der Waals surface area contributed by atoms with Gasteiger partial charge in [-0.3, -0.25) is 0 Å². The third-order valence-electron chi connectivity index (χ3n) is 28.2. The summed E-state index contributed by atoms with van der Waals surface area (Å²) >= 11 is 0. The van der Waals surface area contributed by atoms with Crippen molar-refractivity contribution in [1.29, 1.82) is 0 Å². The molecule has 83 heavy (non-hydrogen) atoms. The molecule has 0 N–H and O–H groups in total. The van der Waals surface area contributed by atoms with Crippen LogP contribution in [0.2, 0.25) is 0 Å². The van der Waals surface area contributed by atoms with Crippen LogP contribution in [0.4, 0.5) is 0 Å². The van der Waals surface area contributed by atoms with Crippen LogP contribution in [0.5, 0.6) is 0 Å². The molecular weight excluding hydrogens is 997 g/mol. The van der Waals surface area contributed by atoms with E-state index in [1.807, 2.05) is 0 Å². The van der Waals surface area contributed by atoms with Gasteiger partial charge in [0.2, 0.25) is 0 Å². The Bertz CT molecular complexity index is 1670. The smallest absolute Gasteiger partial charge is 0.0169 e. The van der Waals surface area contributed by atoms with E-state index < -0.39 is 0 Å². The van der Waals surface area contributed by atoms with Crippen molar-refractivity contribution in [3.8, 4) is 0 Å². The van der Waals surface area contributed by atoms with Gasteiger partial charge in [0.25, 0.3) is 0 Å². The van der Waals surface area contributed by atoms with Gasteiger partial charge in [-0.1, -0.05) is 326 Å².